The molecule has 0 N–H and O–H groups in total. The molecule has 1 aromatic carbocycles. The first-order valence-corrected chi connectivity index (χ1v) is 7.78. The molecule has 0 fully saturated rings. The first-order valence-electron chi connectivity index (χ1n) is 7.25. The molecule has 0 unspecified atom stereocenters. The Labute approximate surface area is 134 Å². The number of amides is 1. The SMILES string of the molecule is Cc1cccc(C2=NN(C(=O)CCCl)[C@H](c3ccco3)C2)c1. The molecule has 3 rings (SSSR count). The van der Waals surface area contributed by atoms with Crippen LogP contribution < -0.4 is 0 Å². The maximum Gasteiger partial charge on any atom is 0.244 e. The summed E-state index contributed by atoms with van der Waals surface area (Å²) in [6.45, 7) is 2.04. The van der Waals surface area contributed by atoms with Crippen molar-refractivity contribution in [2.75, 3.05) is 5.88 Å². The third-order valence-corrected chi connectivity index (χ3v) is 3.89. The van der Waals surface area contributed by atoms with Crippen molar-refractivity contribution in [3.8, 4) is 0 Å². The zero-order chi connectivity index (χ0) is 15.5. The molecule has 0 spiro atoms. The zero-order valence-corrected chi connectivity index (χ0v) is 13.1. The monoisotopic (exact) mass is 316 g/mol. The Hall–Kier alpha value is -2.07. The van der Waals surface area contributed by atoms with Crippen LogP contribution in [-0.2, 0) is 4.79 Å². The van der Waals surface area contributed by atoms with Crippen LogP contribution in [0.2, 0.25) is 0 Å². The zero-order valence-electron chi connectivity index (χ0n) is 12.3. The Kier molecular flexibility index (Phi) is 4.29. The molecule has 1 aromatic heterocycles. The van der Waals surface area contributed by atoms with E-state index in [0.717, 1.165) is 17.0 Å². The van der Waals surface area contributed by atoms with Gasteiger partial charge in [0.1, 0.15) is 11.8 Å². The summed E-state index contributed by atoms with van der Waals surface area (Å²) in [6, 6.07) is 11.6. The molecule has 0 saturated heterocycles. The van der Waals surface area contributed by atoms with Gasteiger partial charge in [0.05, 0.1) is 12.0 Å². The van der Waals surface area contributed by atoms with E-state index in [4.69, 9.17) is 16.0 Å². The Morgan fingerprint density at radius 1 is 1.41 bits per heavy atom. The van der Waals surface area contributed by atoms with Crippen LogP contribution in [0, 0.1) is 6.92 Å². The lowest BCUT2D eigenvalue weighted by atomic mass is 10.0. The fraction of sp³-hybridized carbons (Fsp3) is 0.294. The minimum absolute atomic E-state index is 0.0842. The van der Waals surface area contributed by atoms with Gasteiger partial charge in [-0.3, -0.25) is 4.79 Å². The fourth-order valence-corrected chi connectivity index (χ4v) is 2.80. The van der Waals surface area contributed by atoms with E-state index in [2.05, 4.69) is 11.2 Å². The number of furan rings is 1. The summed E-state index contributed by atoms with van der Waals surface area (Å²) in [4.78, 5) is 12.3. The molecule has 0 aliphatic carbocycles. The number of alkyl halides is 1. The number of rotatable bonds is 4. The van der Waals surface area contributed by atoms with Gasteiger partial charge in [-0.15, -0.1) is 11.6 Å². The van der Waals surface area contributed by atoms with E-state index in [0.29, 0.717) is 6.42 Å². The highest BCUT2D eigenvalue weighted by Crippen LogP contribution is 2.33. The van der Waals surface area contributed by atoms with E-state index in [1.165, 1.54) is 10.6 Å². The summed E-state index contributed by atoms with van der Waals surface area (Å²) in [5, 5.41) is 6.05. The smallest absolute Gasteiger partial charge is 0.244 e. The van der Waals surface area contributed by atoms with E-state index >= 15 is 0 Å². The third-order valence-electron chi connectivity index (χ3n) is 3.70. The van der Waals surface area contributed by atoms with Crippen molar-refractivity contribution in [2.24, 2.45) is 5.10 Å². The van der Waals surface area contributed by atoms with Gasteiger partial charge in [-0.1, -0.05) is 29.8 Å². The standard InChI is InChI=1S/C17H17ClN2O2/c1-12-4-2-5-13(10-12)14-11-15(16-6-3-9-22-16)20(19-14)17(21)7-8-18/h2-6,9-10,15H,7-8,11H2,1H3/t15-/m0/s1. The number of hydrazone groups is 1. The van der Waals surface area contributed by atoms with Crippen molar-refractivity contribution in [2.45, 2.75) is 25.8 Å². The van der Waals surface area contributed by atoms with Crippen molar-refractivity contribution in [3.05, 3.63) is 59.5 Å². The summed E-state index contributed by atoms with van der Waals surface area (Å²) in [5.41, 5.74) is 3.10. The molecule has 2 heterocycles. The van der Waals surface area contributed by atoms with Gasteiger partial charge in [0.25, 0.3) is 0 Å². The van der Waals surface area contributed by atoms with Crippen LogP contribution in [0.3, 0.4) is 0 Å². The third kappa shape index (κ3) is 2.92. The number of hydrogen-bond donors (Lipinski definition) is 0. The molecule has 4 nitrogen and oxygen atoms in total. The van der Waals surface area contributed by atoms with Crippen molar-refractivity contribution in [1.29, 1.82) is 0 Å². The predicted molar refractivity (Wildman–Crippen MR) is 86.0 cm³/mol. The van der Waals surface area contributed by atoms with Gasteiger partial charge in [0, 0.05) is 18.7 Å². The fourth-order valence-electron chi connectivity index (χ4n) is 2.64. The van der Waals surface area contributed by atoms with Crippen LogP contribution >= 0.6 is 11.6 Å². The highest BCUT2D eigenvalue weighted by Gasteiger charge is 2.34. The second-order valence-corrected chi connectivity index (χ2v) is 5.71. The number of halogens is 1. The van der Waals surface area contributed by atoms with Crippen LogP contribution in [0.4, 0.5) is 0 Å². The van der Waals surface area contributed by atoms with Gasteiger partial charge in [0.15, 0.2) is 0 Å². The molecule has 0 radical (unpaired) electrons. The van der Waals surface area contributed by atoms with Gasteiger partial charge in [-0.25, -0.2) is 5.01 Å². The molecule has 0 bridgehead atoms. The molecular formula is C17H17ClN2O2. The largest absolute Gasteiger partial charge is 0.467 e. The minimum Gasteiger partial charge on any atom is -0.467 e. The maximum absolute atomic E-state index is 12.3. The van der Waals surface area contributed by atoms with Gasteiger partial charge in [0.2, 0.25) is 5.91 Å². The number of hydrogen-bond acceptors (Lipinski definition) is 3. The molecule has 22 heavy (non-hydrogen) atoms. The highest BCUT2D eigenvalue weighted by atomic mass is 35.5. The van der Waals surface area contributed by atoms with Crippen LogP contribution in [0.25, 0.3) is 0 Å². The summed E-state index contributed by atoms with van der Waals surface area (Å²) < 4.78 is 5.48. The van der Waals surface area contributed by atoms with E-state index < -0.39 is 0 Å². The summed E-state index contributed by atoms with van der Waals surface area (Å²) >= 11 is 5.70. The molecular weight excluding hydrogens is 300 g/mol. The average molecular weight is 317 g/mol. The molecule has 1 aliphatic rings. The molecule has 1 amide bonds. The number of carbonyl (C=O) groups excluding carboxylic acids is 1. The first kappa shape index (κ1) is 14.9. The predicted octanol–water partition coefficient (Wildman–Crippen LogP) is 3.89. The second-order valence-electron chi connectivity index (χ2n) is 5.33. The number of nitrogens with zero attached hydrogens (tertiary/aromatic N) is 2. The molecule has 0 saturated carbocycles. The van der Waals surface area contributed by atoms with Crippen molar-refractivity contribution in [1.82, 2.24) is 5.01 Å². The molecule has 5 heteroatoms. The Morgan fingerprint density at radius 3 is 2.95 bits per heavy atom. The Morgan fingerprint density at radius 2 is 2.27 bits per heavy atom. The second kappa shape index (κ2) is 6.36. The molecule has 2 aromatic rings. The summed E-state index contributed by atoms with van der Waals surface area (Å²) in [7, 11) is 0. The van der Waals surface area contributed by atoms with Gasteiger partial charge in [-0.05, 0) is 24.6 Å². The van der Waals surface area contributed by atoms with Crippen LogP contribution in [0.5, 0.6) is 0 Å². The first-order chi connectivity index (χ1) is 10.7. The number of aryl methyl sites for hydroxylation is 1. The van der Waals surface area contributed by atoms with Crippen LogP contribution in [-0.4, -0.2) is 22.5 Å². The average Bonchev–Trinajstić information content (AvgIpc) is 3.17. The normalized spacial score (nSPS) is 17.6. The topological polar surface area (TPSA) is 45.8 Å². The van der Waals surface area contributed by atoms with E-state index in [-0.39, 0.29) is 24.2 Å². The Balaban J connectivity index is 1.93. The van der Waals surface area contributed by atoms with Gasteiger partial charge >= 0.3 is 0 Å². The molecule has 1 atom stereocenters. The lowest BCUT2D eigenvalue weighted by molar-refractivity contribution is -0.132. The lowest BCUT2D eigenvalue weighted by Crippen LogP contribution is -2.26. The summed E-state index contributed by atoms with van der Waals surface area (Å²) in [6.07, 6.45) is 2.53. The highest BCUT2D eigenvalue weighted by molar-refractivity contribution is 6.19. The Bertz CT molecular complexity index is 694. The van der Waals surface area contributed by atoms with Crippen molar-refractivity contribution >= 4 is 23.2 Å². The van der Waals surface area contributed by atoms with Crippen LogP contribution in [0.15, 0.2) is 52.2 Å². The lowest BCUT2D eigenvalue weighted by Gasteiger charge is -2.19. The summed E-state index contributed by atoms with van der Waals surface area (Å²) in [5.74, 6) is 0.948. The van der Waals surface area contributed by atoms with E-state index in [1.54, 1.807) is 6.26 Å². The van der Waals surface area contributed by atoms with Gasteiger partial charge in [-0.2, -0.15) is 5.10 Å². The van der Waals surface area contributed by atoms with Crippen molar-refractivity contribution < 1.29 is 9.21 Å². The minimum atomic E-state index is -0.193. The van der Waals surface area contributed by atoms with Crippen LogP contribution in [0.1, 0.15) is 35.8 Å². The quantitative estimate of drug-likeness (QED) is 0.803. The molecule has 114 valence electrons. The van der Waals surface area contributed by atoms with Crippen molar-refractivity contribution in [3.63, 3.8) is 0 Å². The van der Waals surface area contributed by atoms with E-state index in [1.807, 2.05) is 37.3 Å². The molecule has 1 aliphatic heterocycles. The maximum atomic E-state index is 12.3. The van der Waals surface area contributed by atoms with Gasteiger partial charge < -0.3 is 4.42 Å². The van der Waals surface area contributed by atoms with E-state index in [9.17, 15) is 4.79 Å². The number of benzene rings is 1. The number of carbonyl (C=O) groups is 1.